The SMILES string of the molecule is CCCC(CNC(=O)NCCC1CCCC(C)C1)C(=O)O. The smallest absolute Gasteiger partial charge is 0.314 e. The van der Waals surface area contributed by atoms with Crippen LogP contribution in [0.25, 0.3) is 0 Å². The van der Waals surface area contributed by atoms with Crippen LogP contribution in [0.15, 0.2) is 0 Å². The molecule has 0 aliphatic heterocycles. The third-order valence-electron chi connectivity index (χ3n) is 4.38. The first-order valence-electron chi connectivity index (χ1n) is 8.27. The molecular weight excluding hydrogens is 268 g/mol. The van der Waals surface area contributed by atoms with Gasteiger partial charge in [-0.1, -0.05) is 39.5 Å². The molecule has 3 N–H and O–H groups in total. The first kappa shape index (κ1) is 17.8. The van der Waals surface area contributed by atoms with Gasteiger partial charge in [0, 0.05) is 13.1 Å². The number of carbonyl (C=O) groups excluding carboxylic acids is 1. The van der Waals surface area contributed by atoms with Crippen molar-refractivity contribution in [2.75, 3.05) is 13.1 Å². The van der Waals surface area contributed by atoms with E-state index in [9.17, 15) is 9.59 Å². The summed E-state index contributed by atoms with van der Waals surface area (Å²) in [5, 5.41) is 14.5. The zero-order valence-electron chi connectivity index (χ0n) is 13.4. The summed E-state index contributed by atoms with van der Waals surface area (Å²) in [6, 6.07) is -0.249. The quantitative estimate of drug-likeness (QED) is 0.644. The Bertz CT molecular complexity index is 333. The molecule has 0 heterocycles. The number of rotatable bonds is 8. The maximum absolute atomic E-state index is 11.7. The molecule has 0 bridgehead atoms. The van der Waals surface area contributed by atoms with E-state index in [0.29, 0.717) is 13.0 Å². The maximum Gasteiger partial charge on any atom is 0.314 e. The van der Waals surface area contributed by atoms with Crippen LogP contribution in [0.4, 0.5) is 4.79 Å². The van der Waals surface area contributed by atoms with Gasteiger partial charge in [-0.2, -0.15) is 0 Å². The molecule has 3 unspecified atom stereocenters. The fourth-order valence-electron chi connectivity index (χ4n) is 3.15. The average Bonchev–Trinajstić information content (AvgIpc) is 2.43. The highest BCUT2D eigenvalue weighted by Crippen LogP contribution is 2.30. The number of aliphatic carboxylic acids is 1. The highest BCUT2D eigenvalue weighted by atomic mass is 16.4. The Kier molecular flexibility index (Phi) is 8.16. The fraction of sp³-hybridized carbons (Fsp3) is 0.875. The molecule has 5 nitrogen and oxygen atoms in total. The second-order valence-electron chi connectivity index (χ2n) is 6.39. The van der Waals surface area contributed by atoms with Crippen molar-refractivity contribution in [1.82, 2.24) is 10.6 Å². The van der Waals surface area contributed by atoms with Crippen molar-refractivity contribution < 1.29 is 14.7 Å². The Hall–Kier alpha value is -1.26. The maximum atomic E-state index is 11.7. The van der Waals surface area contributed by atoms with Crippen molar-refractivity contribution in [3.8, 4) is 0 Å². The molecule has 1 fully saturated rings. The van der Waals surface area contributed by atoms with Crippen LogP contribution in [-0.4, -0.2) is 30.2 Å². The fourth-order valence-corrected chi connectivity index (χ4v) is 3.15. The first-order valence-corrected chi connectivity index (χ1v) is 8.27. The monoisotopic (exact) mass is 298 g/mol. The first-order chi connectivity index (χ1) is 10.0. The Balaban J connectivity index is 2.14. The second-order valence-corrected chi connectivity index (χ2v) is 6.39. The number of hydrogen-bond acceptors (Lipinski definition) is 2. The lowest BCUT2D eigenvalue weighted by molar-refractivity contribution is -0.141. The minimum atomic E-state index is -0.839. The summed E-state index contributed by atoms with van der Waals surface area (Å²) < 4.78 is 0. The van der Waals surface area contributed by atoms with E-state index in [-0.39, 0.29) is 12.6 Å². The van der Waals surface area contributed by atoms with Gasteiger partial charge < -0.3 is 15.7 Å². The number of urea groups is 1. The molecule has 21 heavy (non-hydrogen) atoms. The van der Waals surface area contributed by atoms with Crippen LogP contribution in [0.1, 0.15) is 58.8 Å². The third kappa shape index (κ3) is 7.34. The van der Waals surface area contributed by atoms with Crippen molar-refractivity contribution in [2.24, 2.45) is 17.8 Å². The number of carboxylic acid groups (broad SMARTS) is 1. The van der Waals surface area contributed by atoms with Gasteiger partial charge in [0.2, 0.25) is 0 Å². The molecule has 1 aliphatic rings. The lowest BCUT2D eigenvalue weighted by Gasteiger charge is -2.26. The summed E-state index contributed by atoms with van der Waals surface area (Å²) in [7, 11) is 0. The zero-order chi connectivity index (χ0) is 15.7. The van der Waals surface area contributed by atoms with Crippen LogP contribution in [0.2, 0.25) is 0 Å². The third-order valence-corrected chi connectivity index (χ3v) is 4.38. The van der Waals surface area contributed by atoms with E-state index in [2.05, 4.69) is 17.6 Å². The van der Waals surface area contributed by atoms with Crippen LogP contribution >= 0.6 is 0 Å². The molecule has 1 saturated carbocycles. The summed E-state index contributed by atoms with van der Waals surface area (Å²) >= 11 is 0. The van der Waals surface area contributed by atoms with E-state index >= 15 is 0 Å². The molecule has 0 aromatic heterocycles. The van der Waals surface area contributed by atoms with Crippen molar-refractivity contribution in [3.05, 3.63) is 0 Å². The average molecular weight is 298 g/mol. The minimum Gasteiger partial charge on any atom is -0.481 e. The molecule has 0 aromatic rings. The summed E-state index contributed by atoms with van der Waals surface area (Å²) in [5.41, 5.74) is 0. The lowest BCUT2D eigenvalue weighted by Crippen LogP contribution is -2.40. The van der Waals surface area contributed by atoms with Gasteiger partial charge in [0.05, 0.1) is 5.92 Å². The van der Waals surface area contributed by atoms with Gasteiger partial charge in [-0.3, -0.25) is 4.79 Å². The van der Waals surface area contributed by atoms with Crippen LogP contribution in [-0.2, 0) is 4.79 Å². The normalized spacial score (nSPS) is 23.3. The van der Waals surface area contributed by atoms with Crippen molar-refractivity contribution in [1.29, 1.82) is 0 Å². The number of carboxylic acids is 1. The van der Waals surface area contributed by atoms with Crippen LogP contribution in [0.3, 0.4) is 0 Å². The van der Waals surface area contributed by atoms with Gasteiger partial charge in [-0.05, 0) is 31.1 Å². The Labute approximate surface area is 127 Å². The van der Waals surface area contributed by atoms with Gasteiger partial charge in [0.1, 0.15) is 0 Å². The van der Waals surface area contributed by atoms with E-state index in [1.54, 1.807) is 0 Å². The van der Waals surface area contributed by atoms with Crippen molar-refractivity contribution in [3.63, 3.8) is 0 Å². The summed E-state index contributed by atoms with van der Waals surface area (Å²) in [4.78, 5) is 22.6. The van der Waals surface area contributed by atoms with Gasteiger partial charge >= 0.3 is 12.0 Å². The van der Waals surface area contributed by atoms with Crippen molar-refractivity contribution in [2.45, 2.75) is 58.8 Å². The molecule has 0 saturated heterocycles. The van der Waals surface area contributed by atoms with Crippen LogP contribution in [0.5, 0.6) is 0 Å². The number of nitrogens with one attached hydrogen (secondary N) is 2. The number of carbonyl (C=O) groups is 2. The topological polar surface area (TPSA) is 78.4 Å². The minimum absolute atomic E-state index is 0.204. The van der Waals surface area contributed by atoms with Gasteiger partial charge in [0.25, 0.3) is 0 Å². The molecule has 0 radical (unpaired) electrons. The van der Waals surface area contributed by atoms with Gasteiger partial charge in [-0.25, -0.2) is 4.79 Å². The second kappa shape index (κ2) is 9.64. The van der Waals surface area contributed by atoms with Gasteiger partial charge in [0.15, 0.2) is 0 Å². The molecule has 1 aliphatic carbocycles. The molecule has 122 valence electrons. The standard InChI is InChI=1S/C16H30N2O3/c1-3-5-14(15(19)20)11-18-16(21)17-9-8-13-7-4-6-12(2)10-13/h12-14H,3-11H2,1-2H3,(H,19,20)(H2,17,18,21). The highest BCUT2D eigenvalue weighted by Gasteiger charge is 2.19. The predicted molar refractivity (Wildman–Crippen MR) is 83.2 cm³/mol. The Morgan fingerprint density at radius 2 is 2.05 bits per heavy atom. The Morgan fingerprint density at radius 3 is 2.67 bits per heavy atom. The molecule has 2 amide bonds. The summed E-state index contributed by atoms with van der Waals surface area (Å²) in [6.07, 6.45) is 7.59. The van der Waals surface area contributed by atoms with Crippen LogP contribution < -0.4 is 10.6 Å². The van der Waals surface area contributed by atoms with E-state index in [4.69, 9.17) is 5.11 Å². The van der Waals surface area contributed by atoms with Gasteiger partial charge in [-0.15, -0.1) is 0 Å². The largest absolute Gasteiger partial charge is 0.481 e. The molecule has 0 aromatic carbocycles. The summed E-state index contributed by atoms with van der Waals surface area (Å²) in [5.74, 6) is 0.206. The van der Waals surface area contributed by atoms with E-state index < -0.39 is 11.9 Å². The molecule has 1 rings (SSSR count). The van der Waals surface area contributed by atoms with Crippen LogP contribution in [0, 0.1) is 17.8 Å². The molecule has 5 heteroatoms. The summed E-state index contributed by atoms with van der Waals surface area (Å²) in [6.45, 7) is 5.12. The molecular formula is C16H30N2O3. The zero-order valence-corrected chi connectivity index (χ0v) is 13.4. The highest BCUT2D eigenvalue weighted by molar-refractivity contribution is 5.75. The molecule has 0 spiro atoms. The number of amides is 2. The van der Waals surface area contributed by atoms with E-state index in [1.807, 2.05) is 6.92 Å². The van der Waals surface area contributed by atoms with E-state index in [0.717, 1.165) is 24.7 Å². The molecule has 3 atom stereocenters. The lowest BCUT2D eigenvalue weighted by atomic mass is 9.81. The van der Waals surface area contributed by atoms with Crippen molar-refractivity contribution >= 4 is 12.0 Å². The van der Waals surface area contributed by atoms with E-state index in [1.165, 1.54) is 25.7 Å². The predicted octanol–water partition coefficient (Wildman–Crippen LogP) is 3.00. The number of hydrogen-bond donors (Lipinski definition) is 3. The Morgan fingerprint density at radius 1 is 1.29 bits per heavy atom.